The highest BCUT2D eigenvalue weighted by molar-refractivity contribution is 5.74. The summed E-state index contributed by atoms with van der Waals surface area (Å²) in [7, 11) is 0. The van der Waals surface area contributed by atoms with Gasteiger partial charge in [-0.1, -0.05) is 18.2 Å². The quantitative estimate of drug-likeness (QED) is 0.668. The summed E-state index contributed by atoms with van der Waals surface area (Å²) in [5.41, 5.74) is 4.29. The third-order valence-electron chi connectivity index (χ3n) is 2.81. The van der Waals surface area contributed by atoms with E-state index < -0.39 is 0 Å². The van der Waals surface area contributed by atoms with E-state index in [1.165, 1.54) is 0 Å². The lowest BCUT2D eigenvalue weighted by Gasteiger charge is -2.04. The number of nitrogens with zero attached hydrogens (tertiary/aromatic N) is 3. The molecule has 0 bridgehead atoms. The molecule has 0 atom stereocenters. The van der Waals surface area contributed by atoms with E-state index in [9.17, 15) is 0 Å². The molecule has 3 nitrogen and oxygen atoms in total. The summed E-state index contributed by atoms with van der Waals surface area (Å²) in [6.45, 7) is 2.78. The van der Waals surface area contributed by atoms with Gasteiger partial charge < -0.3 is 4.57 Å². The molecule has 1 aromatic carbocycles. The molecule has 0 amide bonds. The molecule has 3 aromatic rings. The number of aromatic nitrogens is 3. The van der Waals surface area contributed by atoms with Crippen molar-refractivity contribution in [2.75, 3.05) is 0 Å². The van der Waals surface area contributed by atoms with Gasteiger partial charge in [0.15, 0.2) is 0 Å². The maximum Gasteiger partial charge on any atom is 0.0962 e. The third-order valence-corrected chi connectivity index (χ3v) is 2.81. The number of fused-ring (bicyclic) bond motifs is 1. The van der Waals surface area contributed by atoms with Gasteiger partial charge in [0, 0.05) is 5.69 Å². The zero-order valence-electron chi connectivity index (χ0n) is 9.67. The van der Waals surface area contributed by atoms with E-state index in [-0.39, 0.29) is 0 Å². The first-order valence-electron chi connectivity index (χ1n) is 5.65. The van der Waals surface area contributed by atoms with Gasteiger partial charge in [0.25, 0.3) is 0 Å². The Morgan fingerprint density at radius 1 is 1.06 bits per heavy atom. The van der Waals surface area contributed by atoms with Crippen LogP contribution in [0.1, 0.15) is 11.4 Å². The fraction of sp³-hybridized carbons (Fsp3) is 0.143. The van der Waals surface area contributed by atoms with E-state index in [4.69, 9.17) is 0 Å². The van der Waals surface area contributed by atoms with Crippen LogP contribution in [0, 0.1) is 6.92 Å². The van der Waals surface area contributed by atoms with Gasteiger partial charge in [-0.2, -0.15) is 0 Å². The molecule has 0 unspecified atom stereocenters. The fourth-order valence-corrected chi connectivity index (χ4v) is 2.00. The highest BCUT2D eigenvalue weighted by atomic mass is 15.0. The maximum atomic E-state index is 4.51. The van der Waals surface area contributed by atoms with E-state index >= 15 is 0 Å². The summed E-state index contributed by atoms with van der Waals surface area (Å²) in [6, 6.07) is 14.2. The number of hydrogen-bond acceptors (Lipinski definition) is 2. The number of rotatable bonds is 2. The minimum absolute atomic E-state index is 0.766. The number of para-hydroxylation sites is 2. The SMILES string of the molecule is Cc1cccc(Cn2cnc3ccccc32)n1. The molecule has 0 saturated heterocycles. The van der Waals surface area contributed by atoms with Crippen LogP contribution in [0.25, 0.3) is 11.0 Å². The lowest BCUT2D eigenvalue weighted by molar-refractivity contribution is 0.793. The van der Waals surface area contributed by atoms with Gasteiger partial charge in [-0.05, 0) is 31.2 Å². The number of benzene rings is 1. The molecule has 0 aliphatic heterocycles. The van der Waals surface area contributed by atoms with Crippen LogP contribution in [0.2, 0.25) is 0 Å². The van der Waals surface area contributed by atoms with E-state index in [1.54, 1.807) is 0 Å². The van der Waals surface area contributed by atoms with Crippen molar-refractivity contribution >= 4 is 11.0 Å². The second kappa shape index (κ2) is 4.01. The van der Waals surface area contributed by atoms with Crippen LogP contribution in [-0.2, 0) is 6.54 Å². The number of aryl methyl sites for hydroxylation is 1. The van der Waals surface area contributed by atoms with Crippen LogP contribution < -0.4 is 0 Å². The molecule has 0 saturated carbocycles. The second-order valence-corrected chi connectivity index (χ2v) is 4.13. The molecular formula is C14H13N3. The lowest BCUT2D eigenvalue weighted by atomic mass is 10.3. The summed E-state index contributed by atoms with van der Waals surface area (Å²) in [5, 5.41) is 0. The lowest BCUT2D eigenvalue weighted by Crippen LogP contribution is -2.00. The van der Waals surface area contributed by atoms with Crippen molar-refractivity contribution in [2.24, 2.45) is 0 Å². The van der Waals surface area contributed by atoms with Crippen molar-refractivity contribution in [3.8, 4) is 0 Å². The van der Waals surface area contributed by atoms with Crippen molar-refractivity contribution in [1.82, 2.24) is 14.5 Å². The van der Waals surface area contributed by atoms with Crippen LogP contribution in [0.5, 0.6) is 0 Å². The Balaban J connectivity index is 2.00. The molecule has 0 radical (unpaired) electrons. The Morgan fingerprint density at radius 2 is 1.94 bits per heavy atom. The summed E-state index contributed by atoms with van der Waals surface area (Å²) in [5.74, 6) is 0. The zero-order chi connectivity index (χ0) is 11.7. The summed E-state index contributed by atoms with van der Waals surface area (Å²) in [6.07, 6.45) is 1.87. The van der Waals surface area contributed by atoms with Gasteiger partial charge in [-0.3, -0.25) is 4.98 Å². The molecule has 2 heterocycles. The largest absolute Gasteiger partial charge is 0.324 e. The Kier molecular flexibility index (Phi) is 2.37. The van der Waals surface area contributed by atoms with Gasteiger partial charge >= 0.3 is 0 Å². The number of imidazole rings is 1. The van der Waals surface area contributed by atoms with Crippen molar-refractivity contribution in [3.05, 3.63) is 60.2 Å². The molecule has 0 aliphatic rings. The smallest absolute Gasteiger partial charge is 0.0962 e. The first kappa shape index (κ1) is 10.0. The second-order valence-electron chi connectivity index (χ2n) is 4.13. The molecule has 0 spiro atoms. The van der Waals surface area contributed by atoms with Crippen LogP contribution in [-0.4, -0.2) is 14.5 Å². The highest BCUT2D eigenvalue weighted by Crippen LogP contribution is 2.13. The van der Waals surface area contributed by atoms with Gasteiger partial charge in [0.2, 0.25) is 0 Å². The molecule has 0 fully saturated rings. The first-order valence-corrected chi connectivity index (χ1v) is 5.65. The number of pyridine rings is 1. The summed E-state index contributed by atoms with van der Waals surface area (Å²) in [4.78, 5) is 8.88. The van der Waals surface area contributed by atoms with E-state index in [1.807, 2.05) is 49.6 Å². The Morgan fingerprint density at radius 3 is 2.82 bits per heavy atom. The third kappa shape index (κ3) is 1.91. The van der Waals surface area contributed by atoms with Crippen LogP contribution in [0.3, 0.4) is 0 Å². The Hall–Kier alpha value is -2.16. The predicted molar refractivity (Wildman–Crippen MR) is 67.8 cm³/mol. The van der Waals surface area contributed by atoms with Gasteiger partial charge in [0.05, 0.1) is 29.6 Å². The van der Waals surface area contributed by atoms with Crippen LogP contribution >= 0.6 is 0 Å². The molecule has 2 aromatic heterocycles. The molecule has 3 rings (SSSR count). The Bertz CT molecular complexity index is 655. The average molecular weight is 223 g/mol. The van der Waals surface area contributed by atoms with E-state index in [0.717, 1.165) is 29.0 Å². The first-order chi connectivity index (χ1) is 8.33. The monoisotopic (exact) mass is 223 g/mol. The highest BCUT2D eigenvalue weighted by Gasteiger charge is 2.02. The molecule has 0 aliphatic carbocycles. The normalized spacial score (nSPS) is 10.9. The average Bonchev–Trinajstić information content (AvgIpc) is 2.73. The zero-order valence-corrected chi connectivity index (χ0v) is 9.67. The predicted octanol–water partition coefficient (Wildman–Crippen LogP) is 2.79. The molecule has 84 valence electrons. The van der Waals surface area contributed by atoms with Crippen LogP contribution in [0.15, 0.2) is 48.8 Å². The van der Waals surface area contributed by atoms with E-state index in [0.29, 0.717) is 0 Å². The Labute approximate surface area is 99.8 Å². The van der Waals surface area contributed by atoms with E-state index in [2.05, 4.69) is 20.6 Å². The van der Waals surface area contributed by atoms with Gasteiger partial charge in [-0.15, -0.1) is 0 Å². The molecule has 17 heavy (non-hydrogen) atoms. The van der Waals surface area contributed by atoms with Crippen molar-refractivity contribution in [2.45, 2.75) is 13.5 Å². The van der Waals surface area contributed by atoms with Gasteiger partial charge in [0.1, 0.15) is 0 Å². The molecule has 3 heteroatoms. The van der Waals surface area contributed by atoms with Crippen molar-refractivity contribution < 1.29 is 0 Å². The molecular weight excluding hydrogens is 210 g/mol. The molecule has 0 N–H and O–H groups in total. The number of hydrogen-bond donors (Lipinski definition) is 0. The minimum atomic E-state index is 0.766. The fourth-order valence-electron chi connectivity index (χ4n) is 2.00. The van der Waals surface area contributed by atoms with Gasteiger partial charge in [-0.25, -0.2) is 4.98 Å². The topological polar surface area (TPSA) is 30.7 Å². The van der Waals surface area contributed by atoms with Crippen molar-refractivity contribution in [3.63, 3.8) is 0 Å². The summed E-state index contributed by atoms with van der Waals surface area (Å²) >= 11 is 0. The van der Waals surface area contributed by atoms with Crippen molar-refractivity contribution in [1.29, 1.82) is 0 Å². The summed E-state index contributed by atoms with van der Waals surface area (Å²) < 4.78 is 2.12. The minimum Gasteiger partial charge on any atom is -0.324 e. The maximum absolute atomic E-state index is 4.51. The van der Waals surface area contributed by atoms with Crippen LogP contribution in [0.4, 0.5) is 0 Å². The standard InChI is InChI=1S/C14H13N3/c1-11-5-4-6-12(16-11)9-17-10-15-13-7-2-3-8-14(13)17/h2-8,10H,9H2,1H3.